The van der Waals surface area contributed by atoms with Gasteiger partial charge in [-0.05, 0) is 84.4 Å². The molecule has 0 radical (unpaired) electrons. The predicted molar refractivity (Wildman–Crippen MR) is 143 cm³/mol. The van der Waals surface area contributed by atoms with E-state index in [0.717, 1.165) is 44.9 Å². The lowest BCUT2D eigenvalue weighted by Crippen LogP contribution is -2.72. The number of rotatable bonds is 1. The second kappa shape index (κ2) is 7.80. The Morgan fingerprint density at radius 2 is 1.59 bits per heavy atom. The number of nitriles is 1. The summed E-state index contributed by atoms with van der Waals surface area (Å²) in [6.45, 7) is 17.3. The van der Waals surface area contributed by atoms with Gasteiger partial charge >= 0.3 is 0 Å². The normalized spacial score (nSPS) is 47.8. The second-order valence-corrected chi connectivity index (χ2v) is 15.5. The van der Waals surface area contributed by atoms with Gasteiger partial charge in [0, 0.05) is 30.2 Å². The summed E-state index contributed by atoms with van der Waals surface area (Å²) in [6.07, 6.45) is 9.19. The molecule has 5 rings (SSSR count). The molecule has 1 N–H and O–H groups in total. The Morgan fingerprint density at radius 3 is 2.22 bits per heavy atom. The fourth-order valence-corrected chi connectivity index (χ4v) is 10.9. The molecule has 5 nitrogen and oxygen atoms in total. The average molecular weight is 507 g/mol. The average Bonchev–Trinajstić information content (AvgIpc) is 2.78. The highest BCUT2D eigenvalue weighted by Crippen LogP contribution is 2.74. The van der Waals surface area contributed by atoms with Gasteiger partial charge in [0.25, 0.3) is 0 Å². The summed E-state index contributed by atoms with van der Waals surface area (Å²) >= 11 is 0. The SMILES string of the molecule is CC(=O)N[C@]12CCC(C)(C)C[C@@H]1[C@H]1C(=O)C[C@@H]3[C@@]4(C)C=C(C#N)C(=O)C(C)(C)[C@@H]4CC[C@@]3(C)[C@]1(C)CC2. The number of hydrogen-bond acceptors (Lipinski definition) is 4. The summed E-state index contributed by atoms with van der Waals surface area (Å²) in [5.41, 5.74) is -1.14. The predicted octanol–water partition coefficient (Wildman–Crippen LogP) is 6.17. The summed E-state index contributed by atoms with van der Waals surface area (Å²) in [4.78, 5) is 40.1. The van der Waals surface area contributed by atoms with E-state index < -0.39 is 5.41 Å². The lowest BCUT2D eigenvalue weighted by Gasteiger charge is -2.72. The summed E-state index contributed by atoms with van der Waals surface area (Å²) in [5.74, 6) is 0.576. The third kappa shape index (κ3) is 3.36. The highest BCUT2D eigenvalue weighted by Gasteiger charge is 2.72. The molecule has 0 aliphatic heterocycles. The van der Waals surface area contributed by atoms with Crippen LogP contribution in [0.5, 0.6) is 0 Å². The van der Waals surface area contributed by atoms with Crippen LogP contribution in [-0.2, 0) is 14.4 Å². The van der Waals surface area contributed by atoms with E-state index in [4.69, 9.17) is 0 Å². The Hall–Kier alpha value is -1.96. The third-order valence-corrected chi connectivity index (χ3v) is 12.9. The number of carbonyl (C=O) groups excluding carboxylic acids is 3. The monoisotopic (exact) mass is 506 g/mol. The van der Waals surface area contributed by atoms with Gasteiger partial charge in [-0.25, -0.2) is 0 Å². The Kier molecular flexibility index (Phi) is 5.61. The first-order valence-corrected chi connectivity index (χ1v) is 14.5. The Bertz CT molecular complexity index is 1140. The molecular weight excluding hydrogens is 460 g/mol. The molecule has 0 unspecified atom stereocenters. The lowest BCUT2D eigenvalue weighted by atomic mass is 9.32. The summed E-state index contributed by atoms with van der Waals surface area (Å²) < 4.78 is 0. The number of amides is 1. The first-order valence-electron chi connectivity index (χ1n) is 14.5. The van der Waals surface area contributed by atoms with Gasteiger partial charge in [0.1, 0.15) is 11.9 Å². The van der Waals surface area contributed by atoms with Crippen LogP contribution in [0.15, 0.2) is 11.6 Å². The molecule has 8 atom stereocenters. The van der Waals surface area contributed by atoms with Crippen molar-refractivity contribution in [2.45, 2.75) is 112 Å². The Labute approximate surface area is 223 Å². The van der Waals surface area contributed by atoms with Crippen molar-refractivity contribution in [2.75, 3.05) is 0 Å². The fourth-order valence-electron chi connectivity index (χ4n) is 10.9. The van der Waals surface area contributed by atoms with Crippen molar-refractivity contribution in [1.82, 2.24) is 5.32 Å². The van der Waals surface area contributed by atoms with E-state index >= 15 is 0 Å². The highest BCUT2D eigenvalue weighted by atomic mass is 16.1. The molecule has 0 bridgehead atoms. The largest absolute Gasteiger partial charge is 0.351 e. The maximum absolute atomic E-state index is 14.5. The molecule has 5 aliphatic carbocycles. The van der Waals surface area contributed by atoms with Gasteiger partial charge in [-0.2, -0.15) is 5.26 Å². The molecular formula is C32H46N2O3. The molecule has 4 fully saturated rings. The highest BCUT2D eigenvalue weighted by molar-refractivity contribution is 6.04. The van der Waals surface area contributed by atoms with E-state index in [1.807, 2.05) is 19.9 Å². The Morgan fingerprint density at radius 1 is 0.946 bits per heavy atom. The molecule has 0 heterocycles. The number of allylic oxidation sites excluding steroid dienone is 2. The van der Waals surface area contributed by atoms with Gasteiger partial charge in [0.05, 0.1) is 5.57 Å². The Balaban J connectivity index is 1.63. The summed E-state index contributed by atoms with van der Waals surface area (Å²) in [5, 5.41) is 13.3. The minimum Gasteiger partial charge on any atom is -0.351 e. The number of carbonyl (C=O) groups is 3. The molecule has 0 aromatic rings. The molecule has 0 spiro atoms. The minimum absolute atomic E-state index is 0.0111. The van der Waals surface area contributed by atoms with Crippen molar-refractivity contribution in [3.63, 3.8) is 0 Å². The van der Waals surface area contributed by atoms with Crippen molar-refractivity contribution in [1.29, 1.82) is 5.26 Å². The van der Waals surface area contributed by atoms with Crippen LogP contribution in [0.4, 0.5) is 0 Å². The van der Waals surface area contributed by atoms with Crippen LogP contribution in [-0.4, -0.2) is 23.0 Å². The first-order chi connectivity index (χ1) is 17.0. The van der Waals surface area contributed by atoms with Crippen LogP contribution in [0.3, 0.4) is 0 Å². The van der Waals surface area contributed by atoms with E-state index in [9.17, 15) is 19.6 Å². The number of nitrogens with one attached hydrogen (secondary N) is 1. The number of Topliss-reactive ketones (excluding diaryl/α,β-unsaturated/α-hetero) is 2. The number of fused-ring (bicyclic) bond motifs is 7. The van der Waals surface area contributed by atoms with Crippen LogP contribution >= 0.6 is 0 Å². The first kappa shape index (κ1) is 26.6. The van der Waals surface area contributed by atoms with Crippen molar-refractivity contribution < 1.29 is 14.4 Å². The molecule has 0 saturated heterocycles. The van der Waals surface area contributed by atoms with Crippen molar-refractivity contribution in [2.24, 2.45) is 50.7 Å². The van der Waals surface area contributed by atoms with Crippen LogP contribution in [0.2, 0.25) is 0 Å². The van der Waals surface area contributed by atoms with Crippen molar-refractivity contribution in [3.8, 4) is 6.07 Å². The van der Waals surface area contributed by atoms with E-state index in [1.165, 1.54) is 0 Å². The molecule has 5 aliphatic rings. The van der Waals surface area contributed by atoms with E-state index in [0.29, 0.717) is 12.2 Å². The van der Waals surface area contributed by atoms with Gasteiger partial charge in [0.2, 0.25) is 5.91 Å². The van der Waals surface area contributed by atoms with E-state index in [2.05, 4.69) is 46.0 Å². The van der Waals surface area contributed by atoms with Gasteiger partial charge in [-0.1, -0.05) is 54.5 Å². The zero-order chi connectivity index (χ0) is 27.4. The van der Waals surface area contributed by atoms with Gasteiger partial charge in [0.15, 0.2) is 5.78 Å². The van der Waals surface area contributed by atoms with Gasteiger partial charge in [-0.15, -0.1) is 0 Å². The minimum atomic E-state index is -0.614. The molecule has 0 aromatic carbocycles. The maximum atomic E-state index is 14.5. The van der Waals surface area contributed by atoms with Crippen molar-refractivity contribution >= 4 is 17.5 Å². The molecule has 4 saturated carbocycles. The standard InChI is InChI=1S/C32H46N2O3/c1-19(35)34-32-13-11-27(2,3)17-21(32)25-22(36)15-24-29(6)16-20(18-33)26(37)28(4,5)23(29)9-10-30(24,7)31(25,8)12-14-32/h16,21,23-25H,9-15,17H2,1-8H3,(H,34,35)/t21-,23+,24-,25+,29+,30-,31-,32+/m1/s1. The third-order valence-electron chi connectivity index (χ3n) is 12.9. The van der Waals surface area contributed by atoms with Crippen molar-refractivity contribution in [3.05, 3.63) is 11.6 Å². The van der Waals surface area contributed by atoms with Crippen LogP contribution < -0.4 is 5.32 Å². The summed E-state index contributed by atoms with van der Waals surface area (Å²) in [6, 6.07) is 2.21. The van der Waals surface area contributed by atoms with E-state index in [1.54, 1.807) is 6.92 Å². The zero-order valence-corrected chi connectivity index (χ0v) is 24.2. The van der Waals surface area contributed by atoms with Crippen LogP contribution in [0, 0.1) is 62.1 Å². The number of nitrogens with zero attached hydrogens (tertiary/aromatic N) is 1. The lowest BCUT2D eigenvalue weighted by molar-refractivity contribution is -0.215. The van der Waals surface area contributed by atoms with Crippen LogP contribution in [0.1, 0.15) is 107 Å². The topological polar surface area (TPSA) is 87.0 Å². The maximum Gasteiger partial charge on any atom is 0.217 e. The molecule has 202 valence electrons. The summed E-state index contributed by atoms with van der Waals surface area (Å²) in [7, 11) is 0. The molecule has 37 heavy (non-hydrogen) atoms. The number of hydrogen-bond donors (Lipinski definition) is 1. The molecule has 1 amide bonds. The van der Waals surface area contributed by atoms with Gasteiger partial charge in [-0.3, -0.25) is 14.4 Å². The quantitative estimate of drug-likeness (QED) is 0.460. The van der Waals surface area contributed by atoms with Crippen LogP contribution in [0.25, 0.3) is 0 Å². The van der Waals surface area contributed by atoms with Gasteiger partial charge < -0.3 is 5.32 Å². The number of ketones is 2. The molecule has 5 heteroatoms. The van der Waals surface area contributed by atoms with E-state index in [-0.39, 0.29) is 68.1 Å². The zero-order valence-electron chi connectivity index (χ0n) is 24.2. The smallest absolute Gasteiger partial charge is 0.217 e. The molecule has 0 aromatic heterocycles. The fraction of sp³-hybridized carbons (Fsp3) is 0.812. The second-order valence-electron chi connectivity index (χ2n) is 15.5.